The number of ether oxygens (including phenoxy) is 2. The second-order valence-electron chi connectivity index (χ2n) is 9.17. The summed E-state index contributed by atoms with van der Waals surface area (Å²) in [6.45, 7) is 2.89. The molecule has 0 saturated carbocycles. The lowest BCUT2D eigenvalue weighted by atomic mass is 10.3. The molecule has 0 radical (unpaired) electrons. The molecule has 1 saturated heterocycles. The van der Waals surface area contributed by atoms with E-state index in [9.17, 15) is 26.0 Å². The third-order valence-electron chi connectivity index (χ3n) is 6.34. The molecule has 3 aromatic rings. The highest BCUT2D eigenvalue weighted by molar-refractivity contribution is 7.92. The Labute approximate surface area is 239 Å². The standard InChI is InChI=1S/C28H32FN3O7S2/c1-2-38-24-9-7-23(8-10-24)32(41(36,37)27-13-5-22(29)6-14-27)21-28(33)30-17-20-39-25-11-15-26(16-12-25)40(34,35)31-18-3-4-19-31/h5-16H,2-4,17-21H2,1H3,(H,30,33). The molecule has 0 unspecified atom stereocenters. The summed E-state index contributed by atoms with van der Waals surface area (Å²) < 4.78 is 79.0. The van der Waals surface area contributed by atoms with Gasteiger partial charge in [-0.05, 0) is 92.6 Å². The Balaban J connectivity index is 1.37. The maximum Gasteiger partial charge on any atom is 0.264 e. The second-order valence-corrected chi connectivity index (χ2v) is 13.0. The zero-order chi connectivity index (χ0) is 29.5. The molecule has 13 heteroatoms. The third kappa shape index (κ3) is 7.54. The summed E-state index contributed by atoms with van der Waals surface area (Å²) in [6, 6.07) is 16.7. The van der Waals surface area contributed by atoms with Crippen molar-refractivity contribution >= 4 is 31.6 Å². The Morgan fingerprint density at radius 1 is 0.854 bits per heavy atom. The fourth-order valence-electron chi connectivity index (χ4n) is 4.26. The van der Waals surface area contributed by atoms with Crippen LogP contribution >= 0.6 is 0 Å². The first-order valence-corrected chi connectivity index (χ1v) is 16.0. The molecule has 1 aliphatic rings. The van der Waals surface area contributed by atoms with E-state index in [1.807, 2.05) is 6.92 Å². The quantitative estimate of drug-likeness (QED) is 0.297. The van der Waals surface area contributed by atoms with Crippen molar-refractivity contribution in [3.05, 3.63) is 78.6 Å². The monoisotopic (exact) mass is 605 g/mol. The van der Waals surface area contributed by atoms with Gasteiger partial charge in [0.15, 0.2) is 0 Å². The number of rotatable bonds is 13. The lowest BCUT2D eigenvalue weighted by Gasteiger charge is -2.24. The first-order chi connectivity index (χ1) is 19.6. The van der Waals surface area contributed by atoms with Gasteiger partial charge in [-0.3, -0.25) is 9.10 Å². The Morgan fingerprint density at radius 2 is 1.41 bits per heavy atom. The maximum atomic E-state index is 13.4. The predicted molar refractivity (Wildman–Crippen MR) is 151 cm³/mol. The highest BCUT2D eigenvalue weighted by Gasteiger charge is 2.28. The second kappa shape index (κ2) is 13.3. The van der Waals surface area contributed by atoms with Crippen LogP contribution in [0.2, 0.25) is 0 Å². The number of carbonyl (C=O) groups excluding carboxylic acids is 1. The lowest BCUT2D eigenvalue weighted by Crippen LogP contribution is -2.41. The SMILES string of the molecule is CCOc1ccc(N(CC(=O)NCCOc2ccc(S(=O)(=O)N3CCCC3)cc2)S(=O)(=O)c2ccc(F)cc2)cc1. The molecule has 1 N–H and O–H groups in total. The Morgan fingerprint density at radius 3 is 2.02 bits per heavy atom. The molecule has 41 heavy (non-hydrogen) atoms. The fraction of sp³-hybridized carbons (Fsp3) is 0.321. The van der Waals surface area contributed by atoms with Crippen LogP contribution in [0.3, 0.4) is 0 Å². The molecule has 0 spiro atoms. The van der Waals surface area contributed by atoms with Gasteiger partial charge in [-0.15, -0.1) is 0 Å². The summed E-state index contributed by atoms with van der Waals surface area (Å²) in [5, 5.41) is 2.63. The molecule has 0 bridgehead atoms. The van der Waals surface area contributed by atoms with Crippen LogP contribution in [0.4, 0.5) is 10.1 Å². The number of nitrogens with one attached hydrogen (secondary N) is 1. The normalized spacial score (nSPS) is 14.0. The molecule has 0 aromatic heterocycles. The van der Waals surface area contributed by atoms with E-state index in [2.05, 4.69) is 5.32 Å². The Kier molecular flexibility index (Phi) is 9.84. The van der Waals surface area contributed by atoms with E-state index < -0.39 is 38.3 Å². The van der Waals surface area contributed by atoms with Crippen LogP contribution in [0.15, 0.2) is 82.6 Å². The fourth-order valence-corrected chi connectivity index (χ4v) is 7.19. The van der Waals surface area contributed by atoms with Gasteiger partial charge in [0.1, 0.15) is 30.5 Å². The minimum Gasteiger partial charge on any atom is -0.494 e. The van der Waals surface area contributed by atoms with Gasteiger partial charge < -0.3 is 14.8 Å². The Hall–Kier alpha value is -3.68. The zero-order valence-electron chi connectivity index (χ0n) is 22.5. The van der Waals surface area contributed by atoms with Crippen molar-refractivity contribution in [2.45, 2.75) is 29.6 Å². The number of benzene rings is 3. The number of hydrogen-bond acceptors (Lipinski definition) is 7. The Bertz CT molecular complexity index is 1530. The van der Waals surface area contributed by atoms with Crippen LogP contribution in [0.1, 0.15) is 19.8 Å². The highest BCUT2D eigenvalue weighted by Crippen LogP contribution is 2.26. The van der Waals surface area contributed by atoms with Gasteiger partial charge in [0.25, 0.3) is 10.0 Å². The first-order valence-electron chi connectivity index (χ1n) is 13.1. The number of amides is 1. The average Bonchev–Trinajstić information content (AvgIpc) is 3.52. The van der Waals surface area contributed by atoms with Crippen LogP contribution in [0.25, 0.3) is 0 Å². The van der Waals surface area contributed by atoms with Crippen molar-refractivity contribution in [1.29, 1.82) is 0 Å². The molecule has 1 heterocycles. The van der Waals surface area contributed by atoms with Gasteiger partial charge in [-0.25, -0.2) is 21.2 Å². The van der Waals surface area contributed by atoms with E-state index in [0.717, 1.165) is 41.4 Å². The highest BCUT2D eigenvalue weighted by atomic mass is 32.2. The van der Waals surface area contributed by atoms with Crippen molar-refractivity contribution < 1.29 is 35.5 Å². The molecular formula is C28H32FN3O7S2. The van der Waals surface area contributed by atoms with Gasteiger partial charge >= 0.3 is 0 Å². The van der Waals surface area contributed by atoms with Gasteiger partial charge in [0, 0.05) is 13.1 Å². The third-order valence-corrected chi connectivity index (χ3v) is 10.0. The molecule has 220 valence electrons. The average molecular weight is 606 g/mol. The number of halogens is 1. The van der Waals surface area contributed by atoms with E-state index in [1.54, 1.807) is 24.3 Å². The summed E-state index contributed by atoms with van der Waals surface area (Å²) in [7, 11) is -7.73. The molecule has 1 fully saturated rings. The largest absolute Gasteiger partial charge is 0.494 e. The number of carbonyl (C=O) groups is 1. The topological polar surface area (TPSA) is 122 Å². The van der Waals surface area contributed by atoms with Gasteiger partial charge in [-0.2, -0.15) is 4.31 Å². The molecule has 4 rings (SSSR count). The summed E-state index contributed by atoms with van der Waals surface area (Å²) in [6.07, 6.45) is 1.70. The molecule has 0 aliphatic carbocycles. The summed E-state index contributed by atoms with van der Waals surface area (Å²) in [4.78, 5) is 12.8. The van der Waals surface area contributed by atoms with Crippen LogP contribution in [-0.4, -0.2) is 66.4 Å². The number of anilines is 1. The number of nitrogens with zero attached hydrogens (tertiary/aromatic N) is 2. The van der Waals surface area contributed by atoms with Gasteiger partial charge in [-0.1, -0.05) is 0 Å². The molecule has 1 amide bonds. The van der Waals surface area contributed by atoms with Crippen molar-refractivity contribution in [2.24, 2.45) is 0 Å². The summed E-state index contributed by atoms with van der Waals surface area (Å²) in [5.41, 5.74) is 0.230. The van der Waals surface area contributed by atoms with Crippen LogP contribution in [0.5, 0.6) is 11.5 Å². The number of hydrogen-bond donors (Lipinski definition) is 1. The minimum absolute atomic E-state index is 0.0672. The zero-order valence-corrected chi connectivity index (χ0v) is 24.2. The first kappa shape index (κ1) is 30.3. The predicted octanol–water partition coefficient (Wildman–Crippen LogP) is 3.40. The number of sulfonamides is 2. The lowest BCUT2D eigenvalue weighted by molar-refractivity contribution is -0.119. The maximum absolute atomic E-state index is 13.4. The van der Waals surface area contributed by atoms with E-state index in [4.69, 9.17) is 9.47 Å². The van der Waals surface area contributed by atoms with Gasteiger partial charge in [0.2, 0.25) is 15.9 Å². The van der Waals surface area contributed by atoms with Crippen molar-refractivity contribution in [2.75, 3.05) is 43.7 Å². The van der Waals surface area contributed by atoms with Gasteiger partial charge in [0.05, 0.1) is 28.6 Å². The summed E-state index contributed by atoms with van der Waals surface area (Å²) in [5.74, 6) is -0.203. The molecular weight excluding hydrogens is 573 g/mol. The van der Waals surface area contributed by atoms with Crippen molar-refractivity contribution in [3.63, 3.8) is 0 Å². The smallest absolute Gasteiger partial charge is 0.264 e. The van der Waals surface area contributed by atoms with Crippen LogP contribution in [0, 0.1) is 5.82 Å². The van der Waals surface area contributed by atoms with E-state index in [0.29, 0.717) is 31.2 Å². The summed E-state index contributed by atoms with van der Waals surface area (Å²) >= 11 is 0. The van der Waals surface area contributed by atoms with E-state index in [1.165, 1.54) is 28.6 Å². The van der Waals surface area contributed by atoms with Crippen molar-refractivity contribution in [1.82, 2.24) is 9.62 Å². The molecule has 10 nitrogen and oxygen atoms in total. The molecule has 1 aliphatic heterocycles. The van der Waals surface area contributed by atoms with E-state index >= 15 is 0 Å². The van der Waals surface area contributed by atoms with Crippen molar-refractivity contribution in [3.8, 4) is 11.5 Å². The van der Waals surface area contributed by atoms with Crippen LogP contribution < -0.4 is 19.1 Å². The molecule has 3 aromatic carbocycles. The molecule has 0 atom stereocenters. The minimum atomic E-state index is -4.21. The van der Waals surface area contributed by atoms with E-state index in [-0.39, 0.29) is 28.6 Å². The van der Waals surface area contributed by atoms with Crippen LogP contribution in [-0.2, 0) is 24.8 Å².